The van der Waals surface area contributed by atoms with Gasteiger partial charge in [-0.25, -0.2) is 0 Å². The van der Waals surface area contributed by atoms with Crippen LogP contribution in [0.1, 0.15) is 0 Å². The summed E-state index contributed by atoms with van der Waals surface area (Å²) in [5.74, 6) is 0.000589. The molecule has 0 unspecified atom stereocenters. The predicted octanol–water partition coefficient (Wildman–Crippen LogP) is 2.76. The molecule has 3 rings (SSSR count). The highest BCUT2D eigenvalue weighted by atomic mass is 35.5. The van der Waals surface area contributed by atoms with Crippen LogP contribution in [0.4, 0.5) is 23.0 Å². The second kappa shape index (κ2) is 8.42. The van der Waals surface area contributed by atoms with Crippen LogP contribution in [0, 0.1) is 0 Å². The minimum Gasteiger partial charge on any atom is -0.479 e. The zero-order valence-electron chi connectivity index (χ0n) is 14.1. The third-order valence-corrected chi connectivity index (χ3v) is 5.26. The average molecular weight is 480 g/mol. The number of nitrogens with zero attached hydrogens (tertiary/aromatic N) is 6. The maximum absolute atomic E-state index is 11.9. The molecule has 0 fully saturated rings. The second-order valence-corrected chi connectivity index (χ2v) is 7.64. The van der Waals surface area contributed by atoms with Gasteiger partial charge in [-0.15, -0.1) is 15.3 Å². The number of rotatable bonds is 6. The van der Waals surface area contributed by atoms with Crippen LogP contribution in [0.3, 0.4) is 0 Å². The SMILES string of the molecule is COc1nnnc(Nc2ccc(Nc3nnnc(Cl)c3Cl)c(S(=O)(=O)O)c2)c1Cl. The molecule has 0 aliphatic carbocycles. The van der Waals surface area contributed by atoms with E-state index in [9.17, 15) is 13.0 Å². The van der Waals surface area contributed by atoms with Gasteiger partial charge in [-0.1, -0.05) is 39.9 Å². The Morgan fingerprint density at radius 1 is 0.966 bits per heavy atom. The van der Waals surface area contributed by atoms with Crippen LogP contribution in [0.25, 0.3) is 0 Å². The fourth-order valence-corrected chi connectivity index (χ4v) is 3.18. The van der Waals surface area contributed by atoms with E-state index < -0.39 is 15.0 Å². The zero-order chi connectivity index (χ0) is 21.2. The number of halogens is 3. The number of hydrogen-bond acceptors (Lipinski definition) is 11. The first-order chi connectivity index (χ1) is 13.7. The Morgan fingerprint density at radius 3 is 2.28 bits per heavy atom. The van der Waals surface area contributed by atoms with E-state index in [4.69, 9.17) is 39.5 Å². The molecule has 0 saturated carbocycles. The molecule has 2 heterocycles. The maximum atomic E-state index is 11.9. The van der Waals surface area contributed by atoms with Crippen molar-refractivity contribution < 1.29 is 17.7 Å². The minimum absolute atomic E-state index is 0.0141. The molecule has 16 heteroatoms. The van der Waals surface area contributed by atoms with Gasteiger partial charge >= 0.3 is 0 Å². The smallest absolute Gasteiger partial charge is 0.296 e. The Balaban J connectivity index is 2.00. The second-order valence-electron chi connectivity index (χ2n) is 5.14. The Labute approximate surface area is 178 Å². The summed E-state index contributed by atoms with van der Waals surface area (Å²) in [4.78, 5) is -0.501. The molecule has 3 N–H and O–H groups in total. The van der Waals surface area contributed by atoms with E-state index in [1.165, 1.54) is 19.2 Å². The first-order valence-corrected chi connectivity index (χ1v) is 9.91. The van der Waals surface area contributed by atoms with Gasteiger partial charge in [0.15, 0.2) is 16.8 Å². The lowest BCUT2D eigenvalue weighted by atomic mass is 10.2. The molecule has 0 aliphatic rings. The van der Waals surface area contributed by atoms with Crippen LogP contribution in [-0.4, -0.2) is 50.9 Å². The number of nitrogens with one attached hydrogen (secondary N) is 2. The van der Waals surface area contributed by atoms with E-state index in [-0.39, 0.29) is 44.1 Å². The van der Waals surface area contributed by atoms with Gasteiger partial charge < -0.3 is 15.4 Å². The predicted molar refractivity (Wildman–Crippen MR) is 104 cm³/mol. The van der Waals surface area contributed by atoms with Gasteiger partial charge in [0.2, 0.25) is 0 Å². The lowest BCUT2D eigenvalue weighted by molar-refractivity contribution is 0.389. The lowest BCUT2D eigenvalue weighted by Gasteiger charge is -2.13. The summed E-state index contributed by atoms with van der Waals surface area (Å²) in [5.41, 5.74) is 0.151. The largest absolute Gasteiger partial charge is 0.479 e. The summed E-state index contributed by atoms with van der Waals surface area (Å²) >= 11 is 17.8. The number of anilines is 4. The molecule has 1 aromatic carbocycles. The molecule has 12 nitrogen and oxygen atoms in total. The van der Waals surface area contributed by atoms with E-state index in [0.717, 1.165) is 6.07 Å². The molecule has 0 aliphatic heterocycles. The number of ether oxygens (including phenoxy) is 1. The average Bonchev–Trinajstić information content (AvgIpc) is 2.67. The monoisotopic (exact) mass is 478 g/mol. The Hall–Kier alpha value is -2.58. The molecule has 0 amide bonds. The highest BCUT2D eigenvalue weighted by Gasteiger charge is 2.20. The molecule has 0 bridgehead atoms. The summed E-state index contributed by atoms with van der Waals surface area (Å²) in [7, 11) is -3.32. The van der Waals surface area contributed by atoms with Crippen LogP contribution in [0.15, 0.2) is 23.1 Å². The van der Waals surface area contributed by atoms with E-state index in [1.807, 2.05) is 0 Å². The normalized spacial score (nSPS) is 11.2. The van der Waals surface area contributed by atoms with Crippen molar-refractivity contribution in [3.8, 4) is 5.88 Å². The number of benzene rings is 1. The van der Waals surface area contributed by atoms with Crippen molar-refractivity contribution in [3.05, 3.63) is 33.4 Å². The molecular weight excluding hydrogens is 471 g/mol. The fourth-order valence-electron chi connectivity index (χ4n) is 2.06. The molecule has 152 valence electrons. The summed E-state index contributed by atoms with van der Waals surface area (Å²) in [6.07, 6.45) is 0. The van der Waals surface area contributed by atoms with Crippen molar-refractivity contribution in [2.75, 3.05) is 17.7 Å². The zero-order valence-corrected chi connectivity index (χ0v) is 17.2. The Morgan fingerprint density at radius 2 is 1.62 bits per heavy atom. The van der Waals surface area contributed by atoms with Gasteiger partial charge in [0.1, 0.15) is 14.9 Å². The molecule has 3 aromatic rings. The highest BCUT2D eigenvalue weighted by Crippen LogP contribution is 2.34. The van der Waals surface area contributed by atoms with Crippen LogP contribution in [0.2, 0.25) is 15.2 Å². The highest BCUT2D eigenvalue weighted by molar-refractivity contribution is 7.86. The van der Waals surface area contributed by atoms with Crippen molar-refractivity contribution in [3.63, 3.8) is 0 Å². The van der Waals surface area contributed by atoms with E-state index >= 15 is 0 Å². The van der Waals surface area contributed by atoms with Gasteiger partial charge in [-0.2, -0.15) is 8.42 Å². The van der Waals surface area contributed by atoms with Crippen molar-refractivity contribution in [1.82, 2.24) is 30.8 Å². The molecule has 0 atom stereocenters. The van der Waals surface area contributed by atoms with Crippen molar-refractivity contribution in [1.29, 1.82) is 0 Å². The third-order valence-electron chi connectivity index (χ3n) is 3.31. The topological polar surface area (TPSA) is 165 Å². The number of aromatic nitrogens is 6. The number of hydrogen-bond donors (Lipinski definition) is 3. The summed E-state index contributed by atoms with van der Waals surface area (Å²) in [6.45, 7) is 0. The molecule has 0 saturated heterocycles. The van der Waals surface area contributed by atoms with Gasteiger partial charge in [0, 0.05) is 5.69 Å². The first kappa shape index (κ1) is 21.1. The van der Waals surface area contributed by atoms with Gasteiger partial charge in [0.05, 0.1) is 12.8 Å². The number of methoxy groups -OCH3 is 1. The molecular formula is C13H9Cl3N8O4S. The Kier molecular flexibility index (Phi) is 6.14. The Bertz CT molecular complexity index is 1180. The van der Waals surface area contributed by atoms with Crippen molar-refractivity contribution in [2.24, 2.45) is 0 Å². The molecule has 29 heavy (non-hydrogen) atoms. The first-order valence-electron chi connectivity index (χ1n) is 7.33. The van der Waals surface area contributed by atoms with Crippen molar-refractivity contribution >= 4 is 67.9 Å². The van der Waals surface area contributed by atoms with E-state index in [1.54, 1.807) is 0 Å². The van der Waals surface area contributed by atoms with Gasteiger partial charge in [0.25, 0.3) is 16.0 Å². The quantitative estimate of drug-likeness (QED) is 0.443. The molecule has 0 radical (unpaired) electrons. The summed E-state index contributed by atoms with van der Waals surface area (Å²) < 4.78 is 38.3. The summed E-state index contributed by atoms with van der Waals surface area (Å²) in [5, 5.41) is 26.4. The standard InChI is InChI=1S/C13H9Cl3N8O4S/c1-28-13-9(15)12(21-24-22-13)17-5-2-3-6(7(4-5)29(25,26)27)18-11-8(14)10(16)19-23-20-11/h2-4H,1H3,(H,17,21,22)(H,18,19,20)(H,25,26,27). The van der Waals surface area contributed by atoms with Crippen LogP contribution in [-0.2, 0) is 10.1 Å². The van der Waals surface area contributed by atoms with E-state index in [0.29, 0.717) is 0 Å². The van der Waals surface area contributed by atoms with Crippen molar-refractivity contribution in [2.45, 2.75) is 4.90 Å². The molecule has 0 spiro atoms. The lowest BCUT2D eigenvalue weighted by Crippen LogP contribution is -2.07. The fraction of sp³-hybridized carbons (Fsp3) is 0.0769. The van der Waals surface area contributed by atoms with E-state index in [2.05, 4.69) is 41.5 Å². The maximum Gasteiger partial charge on any atom is 0.296 e. The minimum atomic E-state index is -4.66. The third kappa shape index (κ3) is 4.71. The van der Waals surface area contributed by atoms with Crippen LogP contribution < -0.4 is 15.4 Å². The van der Waals surface area contributed by atoms with Crippen LogP contribution >= 0.6 is 34.8 Å². The van der Waals surface area contributed by atoms with Gasteiger partial charge in [-0.05, 0) is 28.6 Å². The molecule has 2 aromatic heterocycles. The summed E-state index contributed by atoms with van der Waals surface area (Å²) in [6, 6.07) is 3.91. The van der Waals surface area contributed by atoms with Gasteiger partial charge in [-0.3, -0.25) is 4.55 Å². The van der Waals surface area contributed by atoms with Crippen LogP contribution in [0.5, 0.6) is 5.88 Å².